The number of anilines is 1. The molecule has 0 aromatic carbocycles. The smallest absolute Gasteiger partial charge is 0.229 e. The van der Waals surface area contributed by atoms with Crippen molar-refractivity contribution in [1.82, 2.24) is 20.2 Å². The molecular formula is C25H32N6O3. The lowest BCUT2D eigenvalue weighted by Gasteiger charge is -2.29. The number of ether oxygens (including phenoxy) is 2. The predicted octanol–water partition coefficient (Wildman–Crippen LogP) is 2.66. The molecule has 2 bridgehead atoms. The first kappa shape index (κ1) is 22.6. The van der Waals surface area contributed by atoms with Crippen LogP contribution < -0.4 is 10.4 Å². The molecule has 9 nitrogen and oxygen atoms in total. The van der Waals surface area contributed by atoms with Crippen molar-refractivity contribution in [1.29, 1.82) is 5.41 Å². The molecule has 2 aromatic heterocycles. The zero-order valence-corrected chi connectivity index (χ0v) is 19.6. The van der Waals surface area contributed by atoms with Crippen molar-refractivity contribution in [2.24, 2.45) is 0 Å². The first-order chi connectivity index (χ1) is 16.5. The summed E-state index contributed by atoms with van der Waals surface area (Å²) in [5.74, 6) is 0.804. The number of nitrogens with zero attached hydrogens (tertiary/aromatic N) is 4. The van der Waals surface area contributed by atoms with Crippen LogP contribution in [0, 0.1) is 5.41 Å². The molecule has 34 heavy (non-hydrogen) atoms. The van der Waals surface area contributed by atoms with Crippen molar-refractivity contribution in [2.45, 2.75) is 25.1 Å². The second kappa shape index (κ2) is 9.61. The molecule has 5 heterocycles. The molecule has 5 rings (SSSR count). The molecule has 2 aromatic rings. The molecule has 0 amide bonds. The van der Waals surface area contributed by atoms with Crippen LogP contribution in [0.4, 0.5) is 5.69 Å². The maximum atomic E-state index is 8.90. The fraction of sp³-hybridized carbons (Fsp3) is 0.440. The van der Waals surface area contributed by atoms with Gasteiger partial charge in [-0.2, -0.15) is 0 Å². The van der Waals surface area contributed by atoms with Crippen molar-refractivity contribution in [3.8, 4) is 0 Å². The van der Waals surface area contributed by atoms with Gasteiger partial charge in [0.2, 0.25) is 5.71 Å². The Labute approximate surface area is 199 Å². The summed E-state index contributed by atoms with van der Waals surface area (Å²) < 4.78 is 17.4. The standard InChI is InChI=1S/C25H32N6O3/c1-4-5-6-17(2)28-29(3)22-21-11-18(14-31-15-20-12-19(31)16-33-20)13-27-25(21)34-23(22)24(26)30-7-9-32-10-8-30/h4-6,11,13,19-20,26,28H,1-2,7-10,12,14-16H2,3H3/b6-5-,26-24?/t19-,20-/m0/s1. The number of morpholine rings is 2. The first-order valence-corrected chi connectivity index (χ1v) is 11.7. The van der Waals surface area contributed by atoms with Crippen LogP contribution in [0.3, 0.4) is 0 Å². The third-order valence-corrected chi connectivity index (χ3v) is 6.60. The summed E-state index contributed by atoms with van der Waals surface area (Å²) >= 11 is 0. The SMILES string of the molecule is C=C/C=C\C(=C)NN(C)c1c(C(=N)N2CCOCC2)oc2ncc(CN3C[C@@H]4C[C@H]3CO4)cc12. The van der Waals surface area contributed by atoms with Gasteiger partial charge < -0.3 is 18.8 Å². The average molecular weight is 465 g/mol. The summed E-state index contributed by atoms with van der Waals surface area (Å²) in [6.07, 6.45) is 8.71. The minimum Gasteiger partial charge on any atom is -0.432 e. The Morgan fingerprint density at radius 2 is 2.21 bits per heavy atom. The number of allylic oxidation sites excluding steroid dienone is 3. The van der Waals surface area contributed by atoms with Gasteiger partial charge in [-0.1, -0.05) is 25.3 Å². The van der Waals surface area contributed by atoms with Crippen LogP contribution in [0.2, 0.25) is 0 Å². The zero-order valence-electron chi connectivity index (χ0n) is 19.6. The van der Waals surface area contributed by atoms with Gasteiger partial charge in [0.15, 0.2) is 11.6 Å². The molecule has 9 heteroatoms. The number of likely N-dealkylation sites (tertiary alicyclic amines) is 1. The van der Waals surface area contributed by atoms with Gasteiger partial charge in [-0.15, -0.1) is 0 Å². The molecule has 0 saturated carbocycles. The minimum atomic E-state index is 0.327. The van der Waals surface area contributed by atoms with Gasteiger partial charge in [0.1, 0.15) is 5.69 Å². The normalized spacial score (nSPS) is 22.6. The molecule has 0 unspecified atom stereocenters. The van der Waals surface area contributed by atoms with Crippen molar-refractivity contribution >= 4 is 22.6 Å². The molecule has 180 valence electrons. The lowest BCUT2D eigenvalue weighted by Crippen LogP contribution is -2.41. The van der Waals surface area contributed by atoms with E-state index in [-0.39, 0.29) is 0 Å². The third-order valence-electron chi connectivity index (χ3n) is 6.60. The number of furan rings is 1. The molecule has 2 atom stereocenters. The fourth-order valence-corrected chi connectivity index (χ4v) is 4.92. The summed E-state index contributed by atoms with van der Waals surface area (Å²) in [5, 5.41) is 11.6. The largest absolute Gasteiger partial charge is 0.432 e. The number of nitrogens with one attached hydrogen (secondary N) is 2. The molecular weight excluding hydrogens is 432 g/mol. The monoisotopic (exact) mass is 464 g/mol. The van der Waals surface area contributed by atoms with E-state index in [0.717, 1.165) is 42.8 Å². The maximum Gasteiger partial charge on any atom is 0.229 e. The number of fused-ring (bicyclic) bond motifs is 3. The molecule has 3 aliphatic heterocycles. The Morgan fingerprint density at radius 1 is 1.38 bits per heavy atom. The summed E-state index contributed by atoms with van der Waals surface area (Å²) in [6, 6.07) is 2.61. The van der Waals surface area contributed by atoms with Gasteiger partial charge in [-0.3, -0.25) is 20.7 Å². The lowest BCUT2D eigenvalue weighted by atomic mass is 10.1. The van der Waals surface area contributed by atoms with Crippen molar-refractivity contribution in [3.05, 3.63) is 60.7 Å². The van der Waals surface area contributed by atoms with E-state index in [2.05, 4.69) is 34.5 Å². The third kappa shape index (κ3) is 4.46. The van der Waals surface area contributed by atoms with E-state index < -0.39 is 0 Å². The van der Waals surface area contributed by atoms with E-state index in [1.807, 2.05) is 35.3 Å². The van der Waals surface area contributed by atoms with Gasteiger partial charge in [0.05, 0.1) is 31.3 Å². The van der Waals surface area contributed by atoms with E-state index in [1.54, 1.807) is 6.08 Å². The number of aromatic nitrogens is 1. The van der Waals surface area contributed by atoms with Crippen LogP contribution in [0.1, 0.15) is 17.7 Å². The highest BCUT2D eigenvalue weighted by Crippen LogP contribution is 2.35. The van der Waals surface area contributed by atoms with Gasteiger partial charge in [0.25, 0.3) is 0 Å². The molecule has 3 saturated heterocycles. The van der Waals surface area contributed by atoms with Crippen LogP contribution in [0.25, 0.3) is 11.1 Å². The Bertz CT molecular complexity index is 1120. The summed E-state index contributed by atoms with van der Waals surface area (Å²) in [6.45, 7) is 12.9. The molecule has 0 radical (unpaired) electrons. The quantitative estimate of drug-likeness (QED) is 0.267. The Balaban J connectivity index is 1.48. The van der Waals surface area contributed by atoms with Crippen LogP contribution in [0.5, 0.6) is 0 Å². The summed E-state index contributed by atoms with van der Waals surface area (Å²) in [4.78, 5) is 9.09. The van der Waals surface area contributed by atoms with E-state index in [9.17, 15) is 0 Å². The molecule has 3 fully saturated rings. The predicted molar refractivity (Wildman–Crippen MR) is 132 cm³/mol. The Kier molecular flexibility index (Phi) is 6.40. The number of amidine groups is 1. The number of hydrazine groups is 1. The molecule has 2 N–H and O–H groups in total. The number of hydrogen-bond acceptors (Lipinski definition) is 8. The van der Waals surface area contributed by atoms with E-state index in [1.165, 1.54) is 0 Å². The summed E-state index contributed by atoms with van der Waals surface area (Å²) in [5.41, 5.74) is 6.36. The lowest BCUT2D eigenvalue weighted by molar-refractivity contribution is 0.0273. The minimum absolute atomic E-state index is 0.327. The van der Waals surface area contributed by atoms with Gasteiger partial charge in [-0.05, 0) is 24.1 Å². The number of pyridine rings is 1. The highest BCUT2D eigenvalue weighted by molar-refractivity contribution is 6.07. The van der Waals surface area contributed by atoms with Crippen molar-refractivity contribution < 1.29 is 13.9 Å². The second-order valence-electron chi connectivity index (χ2n) is 8.99. The topological polar surface area (TPSA) is 90.1 Å². The van der Waals surface area contributed by atoms with E-state index in [0.29, 0.717) is 61.5 Å². The number of hydrogen-bond donors (Lipinski definition) is 2. The van der Waals surface area contributed by atoms with E-state index >= 15 is 0 Å². The zero-order chi connectivity index (χ0) is 23.7. The first-order valence-electron chi connectivity index (χ1n) is 11.7. The second-order valence-corrected chi connectivity index (χ2v) is 8.99. The van der Waals surface area contributed by atoms with E-state index in [4.69, 9.17) is 19.3 Å². The van der Waals surface area contributed by atoms with Gasteiger partial charge in [0, 0.05) is 51.2 Å². The number of rotatable bonds is 8. The molecule has 3 aliphatic rings. The van der Waals surface area contributed by atoms with Crippen LogP contribution in [0.15, 0.2) is 53.8 Å². The van der Waals surface area contributed by atoms with Gasteiger partial charge in [-0.25, -0.2) is 4.98 Å². The van der Waals surface area contributed by atoms with Crippen LogP contribution in [-0.4, -0.2) is 79.3 Å². The highest BCUT2D eigenvalue weighted by atomic mass is 16.5. The average Bonchev–Trinajstić information content (AvgIpc) is 3.57. The van der Waals surface area contributed by atoms with Crippen molar-refractivity contribution in [2.75, 3.05) is 51.5 Å². The highest BCUT2D eigenvalue weighted by Gasteiger charge is 2.38. The molecule has 0 spiro atoms. The Morgan fingerprint density at radius 3 is 2.91 bits per heavy atom. The van der Waals surface area contributed by atoms with Crippen LogP contribution >= 0.6 is 0 Å². The summed E-state index contributed by atoms with van der Waals surface area (Å²) in [7, 11) is 1.90. The fourth-order valence-electron chi connectivity index (χ4n) is 4.92. The Hall–Kier alpha value is -3.14. The van der Waals surface area contributed by atoms with Gasteiger partial charge >= 0.3 is 0 Å². The van der Waals surface area contributed by atoms with Crippen molar-refractivity contribution in [3.63, 3.8) is 0 Å². The maximum absolute atomic E-state index is 8.90. The van der Waals surface area contributed by atoms with Crippen LogP contribution in [-0.2, 0) is 16.0 Å². The molecule has 0 aliphatic carbocycles.